The van der Waals surface area contributed by atoms with Gasteiger partial charge in [0, 0.05) is 20.8 Å². The summed E-state index contributed by atoms with van der Waals surface area (Å²) in [5, 5.41) is 3.43. The van der Waals surface area contributed by atoms with Gasteiger partial charge in [0.25, 0.3) is 0 Å². The number of halogens is 1. The first-order chi connectivity index (χ1) is 8.29. The predicted octanol–water partition coefficient (Wildman–Crippen LogP) is 4.68. The van der Waals surface area contributed by atoms with Crippen LogP contribution in [0.15, 0.2) is 40.9 Å². The molecule has 1 aromatic carbocycles. The lowest BCUT2D eigenvalue weighted by Gasteiger charge is -1.99. The Labute approximate surface area is 115 Å². The Kier molecular flexibility index (Phi) is 4.77. The Morgan fingerprint density at radius 3 is 2.59 bits per heavy atom. The molecular weight excluding hydrogens is 294 g/mol. The Balaban J connectivity index is 2.04. The average Bonchev–Trinajstić information content (AvgIpc) is 2.79. The third-order valence-electron chi connectivity index (χ3n) is 2.52. The highest BCUT2D eigenvalue weighted by atomic mass is 79.9. The largest absolute Gasteiger partial charge is 0.312 e. The van der Waals surface area contributed by atoms with E-state index in [4.69, 9.17) is 0 Å². The molecule has 1 heterocycles. The van der Waals surface area contributed by atoms with Gasteiger partial charge in [0.05, 0.1) is 0 Å². The summed E-state index contributed by atoms with van der Waals surface area (Å²) < 4.78 is 1.13. The fourth-order valence-electron chi connectivity index (χ4n) is 1.63. The van der Waals surface area contributed by atoms with E-state index in [2.05, 4.69) is 64.6 Å². The lowest BCUT2D eigenvalue weighted by Crippen LogP contribution is -2.12. The van der Waals surface area contributed by atoms with Crippen LogP contribution in [0.3, 0.4) is 0 Å². The van der Waals surface area contributed by atoms with Crippen LogP contribution >= 0.6 is 27.3 Å². The van der Waals surface area contributed by atoms with Crippen molar-refractivity contribution < 1.29 is 0 Å². The fraction of sp³-hybridized carbons (Fsp3) is 0.286. The summed E-state index contributed by atoms with van der Waals surface area (Å²) in [6.07, 6.45) is 1.19. The summed E-state index contributed by atoms with van der Waals surface area (Å²) >= 11 is 5.32. The van der Waals surface area contributed by atoms with Gasteiger partial charge in [-0.25, -0.2) is 0 Å². The molecule has 17 heavy (non-hydrogen) atoms. The molecule has 2 rings (SSSR count). The summed E-state index contributed by atoms with van der Waals surface area (Å²) in [7, 11) is 0. The zero-order chi connectivity index (χ0) is 12.1. The summed E-state index contributed by atoms with van der Waals surface area (Å²) in [5.41, 5.74) is 1.29. The van der Waals surface area contributed by atoms with Gasteiger partial charge in [0.1, 0.15) is 0 Å². The molecule has 2 aromatic rings. The number of benzene rings is 1. The SMILES string of the molecule is CCCNCc1ccc(-c2ccc(Br)cc2)s1. The molecule has 1 nitrogen and oxygen atoms in total. The normalized spacial score (nSPS) is 10.7. The lowest BCUT2D eigenvalue weighted by molar-refractivity contribution is 0.681. The zero-order valence-corrected chi connectivity index (χ0v) is 12.3. The Bertz CT molecular complexity index is 461. The maximum atomic E-state index is 3.46. The van der Waals surface area contributed by atoms with Gasteiger partial charge in [0.15, 0.2) is 0 Å². The zero-order valence-electron chi connectivity index (χ0n) is 9.87. The number of hydrogen-bond donors (Lipinski definition) is 1. The van der Waals surface area contributed by atoms with Crippen molar-refractivity contribution in [3.8, 4) is 10.4 Å². The van der Waals surface area contributed by atoms with Crippen LogP contribution in [0.25, 0.3) is 10.4 Å². The highest BCUT2D eigenvalue weighted by molar-refractivity contribution is 9.10. The lowest BCUT2D eigenvalue weighted by atomic mass is 10.2. The molecule has 3 heteroatoms. The number of nitrogens with one attached hydrogen (secondary N) is 1. The van der Waals surface area contributed by atoms with Crippen molar-refractivity contribution in [2.75, 3.05) is 6.54 Å². The van der Waals surface area contributed by atoms with E-state index in [1.807, 2.05) is 11.3 Å². The predicted molar refractivity (Wildman–Crippen MR) is 79.5 cm³/mol. The summed E-state index contributed by atoms with van der Waals surface area (Å²) in [6, 6.07) is 12.9. The first-order valence-electron chi connectivity index (χ1n) is 5.85. The molecule has 0 saturated heterocycles. The van der Waals surface area contributed by atoms with E-state index in [0.717, 1.165) is 17.6 Å². The minimum Gasteiger partial charge on any atom is -0.312 e. The van der Waals surface area contributed by atoms with Crippen molar-refractivity contribution in [2.45, 2.75) is 19.9 Å². The van der Waals surface area contributed by atoms with Gasteiger partial charge in [-0.3, -0.25) is 0 Å². The van der Waals surface area contributed by atoms with Crippen LogP contribution < -0.4 is 5.32 Å². The Morgan fingerprint density at radius 1 is 1.12 bits per heavy atom. The number of hydrogen-bond acceptors (Lipinski definition) is 2. The van der Waals surface area contributed by atoms with Crippen molar-refractivity contribution in [1.82, 2.24) is 5.32 Å². The van der Waals surface area contributed by atoms with E-state index in [-0.39, 0.29) is 0 Å². The molecule has 0 spiro atoms. The van der Waals surface area contributed by atoms with E-state index < -0.39 is 0 Å². The number of thiophene rings is 1. The second kappa shape index (κ2) is 6.34. The third kappa shape index (κ3) is 3.66. The maximum absolute atomic E-state index is 3.46. The van der Waals surface area contributed by atoms with Crippen LogP contribution in [0, 0.1) is 0 Å². The second-order valence-corrected chi connectivity index (χ2v) is 6.03. The topological polar surface area (TPSA) is 12.0 Å². The van der Waals surface area contributed by atoms with Gasteiger partial charge in [-0.05, 0) is 42.8 Å². The third-order valence-corrected chi connectivity index (χ3v) is 4.18. The second-order valence-electron chi connectivity index (χ2n) is 3.95. The van der Waals surface area contributed by atoms with E-state index in [0.29, 0.717) is 0 Å². The molecule has 0 radical (unpaired) electrons. The van der Waals surface area contributed by atoms with Gasteiger partial charge in [-0.15, -0.1) is 11.3 Å². The first kappa shape index (κ1) is 12.8. The van der Waals surface area contributed by atoms with E-state index >= 15 is 0 Å². The molecule has 0 unspecified atom stereocenters. The average molecular weight is 310 g/mol. The molecule has 0 saturated carbocycles. The summed E-state index contributed by atoms with van der Waals surface area (Å²) in [5.74, 6) is 0. The standard InChI is InChI=1S/C14H16BrNS/c1-2-9-16-10-13-7-8-14(17-13)11-3-5-12(15)6-4-11/h3-8,16H,2,9-10H2,1H3. The molecule has 1 aromatic heterocycles. The monoisotopic (exact) mass is 309 g/mol. The quantitative estimate of drug-likeness (QED) is 0.791. The molecule has 0 amide bonds. The van der Waals surface area contributed by atoms with Gasteiger partial charge in [0.2, 0.25) is 0 Å². The first-order valence-corrected chi connectivity index (χ1v) is 7.46. The van der Waals surface area contributed by atoms with Crippen LogP contribution in [0.2, 0.25) is 0 Å². The van der Waals surface area contributed by atoms with Crippen molar-refractivity contribution >= 4 is 27.3 Å². The molecule has 0 atom stereocenters. The fourth-order valence-corrected chi connectivity index (χ4v) is 2.88. The highest BCUT2D eigenvalue weighted by Crippen LogP contribution is 2.28. The molecule has 0 bridgehead atoms. The van der Waals surface area contributed by atoms with Crippen LogP contribution in [-0.4, -0.2) is 6.54 Å². The number of rotatable bonds is 5. The maximum Gasteiger partial charge on any atom is 0.0346 e. The minimum absolute atomic E-state index is 0.981. The van der Waals surface area contributed by atoms with Crippen LogP contribution in [0.4, 0.5) is 0 Å². The molecule has 1 N–H and O–H groups in total. The van der Waals surface area contributed by atoms with E-state index in [9.17, 15) is 0 Å². The Hall–Kier alpha value is -0.640. The van der Waals surface area contributed by atoms with Crippen molar-refractivity contribution in [3.63, 3.8) is 0 Å². The van der Waals surface area contributed by atoms with Crippen LogP contribution in [0.5, 0.6) is 0 Å². The molecule has 90 valence electrons. The van der Waals surface area contributed by atoms with E-state index in [1.54, 1.807) is 0 Å². The summed E-state index contributed by atoms with van der Waals surface area (Å²) in [6.45, 7) is 4.26. The van der Waals surface area contributed by atoms with Gasteiger partial charge in [-0.2, -0.15) is 0 Å². The van der Waals surface area contributed by atoms with E-state index in [1.165, 1.54) is 21.7 Å². The molecule has 0 fully saturated rings. The molecule has 0 aliphatic carbocycles. The van der Waals surface area contributed by atoms with Crippen molar-refractivity contribution in [1.29, 1.82) is 0 Å². The smallest absolute Gasteiger partial charge is 0.0346 e. The van der Waals surface area contributed by atoms with Crippen LogP contribution in [0.1, 0.15) is 18.2 Å². The molecule has 0 aliphatic rings. The van der Waals surface area contributed by atoms with Gasteiger partial charge < -0.3 is 5.32 Å². The van der Waals surface area contributed by atoms with Gasteiger partial charge >= 0.3 is 0 Å². The Morgan fingerprint density at radius 2 is 1.88 bits per heavy atom. The van der Waals surface area contributed by atoms with Crippen molar-refractivity contribution in [3.05, 3.63) is 45.7 Å². The molecular formula is C14H16BrNS. The summed E-state index contributed by atoms with van der Waals surface area (Å²) in [4.78, 5) is 2.74. The minimum atomic E-state index is 0.981. The highest BCUT2D eigenvalue weighted by Gasteiger charge is 2.02. The molecule has 0 aliphatic heterocycles. The van der Waals surface area contributed by atoms with Gasteiger partial charge in [-0.1, -0.05) is 35.0 Å². The van der Waals surface area contributed by atoms with Crippen LogP contribution in [-0.2, 0) is 6.54 Å². The van der Waals surface area contributed by atoms with Crippen molar-refractivity contribution in [2.24, 2.45) is 0 Å².